The molecule has 0 unspecified atom stereocenters. The summed E-state index contributed by atoms with van der Waals surface area (Å²) in [5, 5.41) is 6.29. The Hall–Kier alpha value is -1.42. The number of nitrogens with zero attached hydrogens (tertiary/aromatic N) is 1. The van der Waals surface area contributed by atoms with Gasteiger partial charge in [0.1, 0.15) is 0 Å². The van der Waals surface area contributed by atoms with Gasteiger partial charge in [-0.05, 0) is 31.9 Å². The van der Waals surface area contributed by atoms with E-state index in [1.54, 1.807) is 13.2 Å². The van der Waals surface area contributed by atoms with Crippen LogP contribution in [0, 0.1) is 5.92 Å². The number of carbonyl (C=O) groups excluding carboxylic acids is 1. The third-order valence-corrected chi connectivity index (χ3v) is 3.69. The van der Waals surface area contributed by atoms with Crippen LogP contribution < -0.4 is 10.6 Å². The number of nitrogens with one attached hydrogen (secondary N) is 2. The largest absolute Gasteiger partial charge is 0.359 e. The normalized spacial score (nSPS) is 24.8. The highest BCUT2D eigenvalue weighted by Gasteiger charge is 2.33. The van der Waals surface area contributed by atoms with Gasteiger partial charge in [0.2, 0.25) is 5.91 Å². The van der Waals surface area contributed by atoms with Crippen LogP contribution in [0.1, 0.15) is 37.9 Å². The maximum Gasteiger partial charge on any atom is 0.224 e. The average molecular weight is 247 g/mol. The Balaban J connectivity index is 1.98. The van der Waals surface area contributed by atoms with Gasteiger partial charge >= 0.3 is 0 Å². The minimum absolute atomic E-state index is 0.0983. The van der Waals surface area contributed by atoms with E-state index in [1.807, 2.05) is 18.2 Å². The molecule has 0 saturated heterocycles. The molecular weight excluding hydrogens is 226 g/mol. The zero-order valence-corrected chi connectivity index (χ0v) is 11.0. The predicted octanol–water partition coefficient (Wildman–Crippen LogP) is 1.65. The molecular formula is C14H21N3O. The summed E-state index contributed by atoms with van der Waals surface area (Å²) in [4.78, 5) is 16.1. The highest BCUT2D eigenvalue weighted by atomic mass is 16.1. The molecule has 98 valence electrons. The van der Waals surface area contributed by atoms with Gasteiger partial charge in [-0.25, -0.2) is 0 Å². The van der Waals surface area contributed by atoms with E-state index in [1.165, 1.54) is 0 Å². The Morgan fingerprint density at radius 2 is 2.28 bits per heavy atom. The standard InChI is InChI=1S/C14H21N3O/c1-10(12-7-3-4-9-16-12)17-13-8-5-6-11(13)14(18)15-2/h3-4,7,9-11,13,17H,5-6,8H2,1-2H3,(H,15,18)/t10-,11+,13-/m0/s1. The first-order valence-electron chi connectivity index (χ1n) is 6.61. The van der Waals surface area contributed by atoms with E-state index in [-0.39, 0.29) is 23.9 Å². The second kappa shape index (κ2) is 5.96. The van der Waals surface area contributed by atoms with E-state index in [2.05, 4.69) is 22.5 Å². The van der Waals surface area contributed by atoms with Gasteiger partial charge in [0, 0.05) is 25.3 Å². The topological polar surface area (TPSA) is 54.0 Å². The van der Waals surface area contributed by atoms with Gasteiger partial charge in [0.05, 0.1) is 11.6 Å². The first-order valence-corrected chi connectivity index (χ1v) is 6.61. The lowest BCUT2D eigenvalue weighted by Gasteiger charge is -2.23. The zero-order valence-electron chi connectivity index (χ0n) is 11.0. The third kappa shape index (κ3) is 2.88. The van der Waals surface area contributed by atoms with E-state index >= 15 is 0 Å². The lowest BCUT2D eigenvalue weighted by atomic mass is 10.0. The maximum atomic E-state index is 11.8. The van der Waals surface area contributed by atoms with Crippen LogP contribution in [0.15, 0.2) is 24.4 Å². The van der Waals surface area contributed by atoms with Crippen molar-refractivity contribution in [2.24, 2.45) is 5.92 Å². The molecule has 1 amide bonds. The molecule has 1 aromatic heterocycles. The van der Waals surface area contributed by atoms with Gasteiger partial charge in [0.15, 0.2) is 0 Å². The monoisotopic (exact) mass is 247 g/mol. The summed E-state index contributed by atoms with van der Waals surface area (Å²) < 4.78 is 0. The maximum absolute atomic E-state index is 11.8. The Kier molecular flexibility index (Phi) is 4.31. The van der Waals surface area contributed by atoms with Crippen LogP contribution in [0.3, 0.4) is 0 Å². The summed E-state index contributed by atoms with van der Waals surface area (Å²) in [5.41, 5.74) is 1.03. The summed E-state index contributed by atoms with van der Waals surface area (Å²) in [6.45, 7) is 2.10. The highest BCUT2D eigenvalue weighted by molar-refractivity contribution is 5.79. The van der Waals surface area contributed by atoms with Crippen molar-refractivity contribution in [3.63, 3.8) is 0 Å². The minimum atomic E-state index is 0.0983. The first kappa shape index (κ1) is 13.0. The molecule has 1 aliphatic carbocycles. The molecule has 4 heteroatoms. The predicted molar refractivity (Wildman–Crippen MR) is 71.0 cm³/mol. The smallest absolute Gasteiger partial charge is 0.224 e. The fraction of sp³-hybridized carbons (Fsp3) is 0.571. The number of aromatic nitrogens is 1. The summed E-state index contributed by atoms with van der Waals surface area (Å²) in [5.74, 6) is 0.249. The number of hydrogen-bond donors (Lipinski definition) is 2. The van der Waals surface area contributed by atoms with Crippen molar-refractivity contribution in [1.82, 2.24) is 15.6 Å². The van der Waals surface area contributed by atoms with Gasteiger partial charge in [-0.1, -0.05) is 12.5 Å². The highest BCUT2D eigenvalue weighted by Crippen LogP contribution is 2.27. The lowest BCUT2D eigenvalue weighted by Crippen LogP contribution is -2.41. The molecule has 1 aliphatic rings. The van der Waals surface area contributed by atoms with Crippen LogP contribution in [0.5, 0.6) is 0 Å². The SMILES string of the molecule is CNC(=O)[C@@H]1CCC[C@@H]1N[C@@H](C)c1ccccn1. The number of carbonyl (C=O) groups is 1. The molecule has 1 saturated carbocycles. The van der Waals surface area contributed by atoms with Gasteiger partial charge in [-0.2, -0.15) is 0 Å². The van der Waals surface area contributed by atoms with Crippen molar-refractivity contribution in [2.45, 2.75) is 38.3 Å². The molecule has 1 aromatic rings. The summed E-state index contributed by atoms with van der Waals surface area (Å²) in [7, 11) is 1.71. The zero-order chi connectivity index (χ0) is 13.0. The van der Waals surface area contributed by atoms with Crippen LogP contribution in [-0.2, 0) is 4.79 Å². The summed E-state index contributed by atoms with van der Waals surface area (Å²) in [6.07, 6.45) is 4.96. The number of rotatable bonds is 4. The van der Waals surface area contributed by atoms with E-state index in [4.69, 9.17) is 0 Å². The fourth-order valence-electron chi connectivity index (χ4n) is 2.70. The number of pyridine rings is 1. The Morgan fingerprint density at radius 1 is 1.44 bits per heavy atom. The fourth-order valence-corrected chi connectivity index (χ4v) is 2.70. The average Bonchev–Trinajstić information content (AvgIpc) is 2.87. The molecule has 0 radical (unpaired) electrons. The molecule has 4 nitrogen and oxygen atoms in total. The van der Waals surface area contributed by atoms with Crippen LogP contribution in [-0.4, -0.2) is 24.0 Å². The Bertz CT molecular complexity index is 393. The van der Waals surface area contributed by atoms with Crippen molar-refractivity contribution < 1.29 is 4.79 Å². The van der Waals surface area contributed by atoms with Crippen LogP contribution in [0.4, 0.5) is 0 Å². The first-order chi connectivity index (χ1) is 8.72. The van der Waals surface area contributed by atoms with E-state index in [9.17, 15) is 4.79 Å². The number of hydrogen-bond acceptors (Lipinski definition) is 3. The van der Waals surface area contributed by atoms with Crippen molar-refractivity contribution in [1.29, 1.82) is 0 Å². The molecule has 0 aliphatic heterocycles. The quantitative estimate of drug-likeness (QED) is 0.850. The minimum Gasteiger partial charge on any atom is -0.359 e. The van der Waals surface area contributed by atoms with Crippen molar-refractivity contribution in [3.05, 3.63) is 30.1 Å². The van der Waals surface area contributed by atoms with Gasteiger partial charge in [-0.3, -0.25) is 9.78 Å². The van der Waals surface area contributed by atoms with Crippen molar-refractivity contribution in [2.75, 3.05) is 7.05 Å². The van der Waals surface area contributed by atoms with Gasteiger partial charge in [0.25, 0.3) is 0 Å². The van der Waals surface area contributed by atoms with E-state index in [0.29, 0.717) is 0 Å². The summed E-state index contributed by atoms with van der Waals surface area (Å²) >= 11 is 0. The molecule has 1 fully saturated rings. The molecule has 2 rings (SSSR count). The van der Waals surface area contributed by atoms with E-state index < -0.39 is 0 Å². The molecule has 2 N–H and O–H groups in total. The number of amides is 1. The molecule has 18 heavy (non-hydrogen) atoms. The second-order valence-electron chi connectivity index (χ2n) is 4.90. The van der Waals surface area contributed by atoms with Crippen molar-refractivity contribution >= 4 is 5.91 Å². The second-order valence-corrected chi connectivity index (χ2v) is 4.90. The molecule has 1 heterocycles. The van der Waals surface area contributed by atoms with Gasteiger partial charge in [-0.15, -0.1) is 0 Å². The van der Waals surface area contributed by atoms with Crippen molar-refractivity contribution in [3.8, 4) is 0 Å². The van der Waals surface area contributed by atoms with Gasteiger partial charge < -0.3 is 10.6 Å². The molecule has 0 bridgehead atoms. The van der Waals surface area contributed by atoms with E-state index in [0.717, 1.165) is 25.0 Å². The Labute approximate surface area is 108 Å². The molecule has 0 spiro atoms. The van der Waals surface area contributed by atoms with Crippen LogP contribution in [0.25, 0.3) is 0 Å². The lowest BCUT2D eigenvalue weighted by molar-refractivity contribution is -0.124. The van der Waals surface area contributed by atoms with Crippen LogP contribution >= 0.6 is 0 Å². The summed E-state index contributed by atoms with van der Waals surface area (Å²) in [6, 6.07) is 6.37. The van der Waals surface area contributed by atoms with Crippen LogP contribution in [0.2, 0.25) is 0 Å². The molecule has 0 aromatic carbocycles. The third-order valence-electron chi connectivity index (χ3n) is 3.69. The Morgan fingerprint density at radius 3 is 2.94 bits per heavy atom. The molecule has 3 atom stereocenters.